The molecule has 0 saturated heterocycles. The van der Waals surface area contributed by atoms with Crippen molar-refractivity contribution in [2.24, 2.45) is 5.92 Å². The van der Waals surface area contributed by atoms with E-state index in [1.54, 1.807) is 26.0 Å². The summed E-state index contributed by atoms with van der Waals surface area (Å²) in [4.78, 5) is 24.5. The summed E-state index contributed by atoms with van der Waals surface area (Å²) in [6.07, 6.45) is 0. The number of carboxylic acids is 1. The molecule has 6 heteroatoms. The van der Waals surface area contributed by atoms with E-state index in [0.29, 0.717) is 17.3 Å². The van der Waals surface area contributed by atoms with Gasteiger partial charge in [-0.25, -0.2) is 4.79 Å². The Morgan fingerprint density at radius 1 is 1.45 bits per heavy atom. The highest BCUT2D eigenvalue weighted by Crippen LogP contribution is 2.20. The highest BCUT2D eigenvalue weighted by molar-refractivity contribution is 6.31. The number of hydrogen-bond donors (Lipinski definition) is 2. The van der Waals surface area contributed by atoms with Gasteiger partial charge in [0.25, 0.3) is 0 Å². The Morgan fingerprint density at radius 2 is 2.10 bits per heavy atom. The van der Waals surface area contributed by atoms with Crippen LogP contribution in [-0.4, -0.2) is 35.1 Å². The summed E-state index contributed by atoms with van der Waals surface area (Å²) in [7, 11) is 0. The number of anilines is 1. The first-order chi connectivity index (χ1) is 9.35. The number of nitrogens with one attached hydrogen (secondary N) is 1. The normalized spacial score (nSPS) is 11.8. The lowest BCUT2D eigenvalue weighted by molar-refractivity contribution is -0.141. The van der Waals surface area contributed by atoms with Gasteiger partial charge in [0.15, 0.2) is 0 Å². The van der Waals surface area contributed by atoms with E-state index in [9.17, 15) is 9.59 Å². The van der Waals surface area contributed by atoms with Crippen molar-refractivity contribution < 1.29 is 14.7 Å². The first-order valence-electron chi connectivity index (χ1n) is 6.40. The van der Waals surface area contributed by atoms with Crippen LogP contribution in [0, 0.1) is 12.8 Å². The van der Waals surface area contributed by atoms with Gasteiger partial charge in [-0.1, -0.05) is 24.6 Å². The van der Waals surface area contributed by atoms with Gasteiger partial charge in [0.1, 0.15) is 0 Å². The molecule has 0 bridgehead atoms. The average molecular weight is 299 g/mol. The molecule has 0 aliphatic heterocycles. The molecule has 0 aliphatic rings. The summed E-state index contributed by atoms with van der Waals surface area (Å²) >= 11 is 5.90. The summed E-state index contributed by atoms with van der Waals surface area (Å²) < 4.78 is 0. The Kier molecular flexibility index (Phi) is 5.82. The van der Waals surface area contributed by atoms with Crippen molar-refractivity contribution in [3.8, 4) is 0 Å². The molecule has 20 heavy (non-hydrogen) atoms. The fourth-order valence-electron chi connectivity index (χ4n) is 1.69. The number of rotatable bonds is 5. The summed E-state index contributed by atoms with van der Waals surface area (Å²) in [6.45, 7) is 5.84. The quantitative estimate of drug-likeness (QED) is 0.877. The topological polar surface area (TPSA) is 69.6 Å². The fraction of sp³-hybridized carbons (Fsp3) is 0.429. The van der Waals surface area contributed by atoms with Crippen molar-refractivity contribution in [3.63, 3.8) is 0 Å². The van der Waals surface area contributed by atoms with E-state index < -0.39 is 11.9 Å². The van der Waals surface area contributed by atoms with Crippen LogP contribution in [0.3, 0.4) is 0 Å². The molecule has 0 spiro atoms. The fourth-order valence-corrected chi connectivity index (χ4v) is 1.86. The summed E-state index contributed by atoms with van der Waals surface area (Å²) in [5.74, 6) is -1.53. The zero-order chi connectivity index (χ0) is 15.3. The van der Waals surface area contributed by atoms with Gasteiger partial charge in [-0.3, -0.25) is 4.79 Å². The van der Waals surface area contributed by atoms with Gasteiger partial charge in [0.05, 0.1) is 5.92 Å². The molecule has 2 amide bonds. The van der Waals surface area contributed by atoms with E-state index in [4.69, 9.17) is 16.7 Å². The standard InChI is InChI=1S/C14H19ClN2O3/c1-4-17(8-10(3)13(18)19)14(20)16-12-7-11(15)6-5-9(12)2/h5-7,10H,4,8H2,1-3H3,(H,16,20)(H,18,19). The molecule has 1 aromatic rings. The molecule has 1 rings (SSSR count). The van der Waals surface area contributed by atoms with Gasteiger partial charge in [-0.05, 0) is 31.5 Å². The Labute approximate surface area is 123 Å². The Morgan fingerprint density at radius 3 is 2.65 bits per heavy atom. The summed E-state index contributed by atoms with van der Waals surface area (Å²) in [5, 5.41) is 12.2. The van der Waals surface area contributed by atoms with Crippen molar-refractivity contribution in [1.29, 1.82) is 0 Å². The van der Waals surface area contributed by atoms with Crippen molar-refractivity contribution in [1.82, 2.24) is 4.90 Å². The zero-order valence-corrected chi connectivity index (χ0v) is 12.6. The third-order valence-electron chi connectivity index (χ3n) is 3.03. The van der Waals surface area contributed by atoms with Crippen molar-refractivity contribution in [3.05, 3.63) is 28.8 Å². The van der Waals surface area contributed by atoms with Crippen LogP contribution in [0.15, 0.2) is 18.2 Å². The maximum atomic E-state index is 12.1. The van der Waals surface area contributed by atoms with Crippen molar-refractivity contribution in [2.75, 3.05) is 18.4 Å². The maximum absolute atomic E-state index is 12.1. The minimum absolute atomic E-state index is 0.164. The van der Waals surface area contributed by atoms with Gasteiger partial charge in [0.2, 0.25) is 0 Å². The third-order valence-corrected chi connectivity index (χ3v) is 3.26. The van der Waals surface area contributed by atoms with E-state index >= 15 is 0 Å². The second-order valence-electron chi connectivity index (χ2n) is 4.67. The van der Waals surface area contributed by atoms with Gasteiger partial charge < -0.3 is 15.3 Å². The monoisotopic (exact) mass is 298 g/mol. The molecule has 0 fully saturated rings. The molecule has 0 aromatic heterocycles. The number of aliphatic carboxylic acids is 1. The molecule has 2 N–H and O–H groups in total. The Hall–Kier alpha value is -1.75. The van der Waals surface area contributed by atoms with E-state index in [-0.39, 0.29) is 12.6 Å². The van der Waals surface area contributed by atoms with Crippen LogP contribution in [0.25, 0.3) is 0 Å². The second kappa shape index (κ2) is 7.14. The molecule has 1 aromatic carbocycles. The number of aryl methyl sites for hydroxylation is 1. The van der Waals surface area contributed by atoms with Crippen LogP contribution in [-0.2, 0) is 4.79 Å². The molecular formula is C14H19ClN2O3. The lowest BCUT2D eigenvalue weighted by atomic mass is 10.1. The van der Waals surface area contributed by atoms with Crippen molar-refractivity contribution in [2.45, 2.75) is 20.8 Å². The zero-order valence-electron chi connectivity index (χ0n) is 11.8. The van der Waals surface area contributed by atoms with Crippen molar-refractivity contribution >= 4 is 29.3 Å². The number of hydrogen-bond acceptors (Lipinski definition) is 2. The second-order valence-corrected chi connectivity index (χ2v) is 5.10. The number of benzene rings is 1. The lowest BCUT2D eigenvalue weighted by Gasteiger charge is -2.23. The smallest absolute Gasteiger partial charge is 0.321 e. The minimum atomic E-state index is -0.921. The van der Waals surface area contributed by atoms with Crippen LogP contribution in [0.1, 0.15) is 19.4 Å². The van der Waals surface area contributed by atoms with E-state index in [2.05, 4.69) is 5.32 Å². The SMILES string of the molecule is CCN(CC(C)C(=O)O)C(=O)Nc1cc(Cl)ccc1C. The Bertz CT molecular complexity index is 505. The molecule has 0 heterocycles. The van der Waals surface area contributed by atoms with Gasteiger partial charge in [0, 0.05) is 23.8 Å². The first-order valence-corrected chi connectivity index (χ1v) is 6.77. The molecule has 5 nitrogen and oxygen atoms in total. The number of nitrogens with zero attached hydrogens (tertiary/aromatic N) is 1. The van der Waals surface area contributed by atoms with Crippen LogP contribution in [0.2, 0.25) is 5.02 Å². The molecule has 1 unspecified atom stereocenters. The number of carbonyl (C=O) groups is 2. The number of urea groups is 1. The average Bonchev–Trinajstić information content (AvgIpc) is 2.39. The predicted octanol–water partition coefficient (Wildman–Crippen LogP) is 3.22. The van der Waals surface area contributed by atoms with E-state index in [1.165, 1.54) is 4.90 Å². The number of carbonyl (C=O) groups excluding carboxylic acids is 1. The highest BCUT2D eigenvalue weighted by Gasteiger charge is 2.19. The van der Waals surface area contributed by atoms with Crippen LogP contribution < -0.4 is 5.32 Å². The lowest BCUT2D eigenvalue weighted by Crippen LogP contribution is -2.39. The van der Waals surface area contributed by atoms with Crippen LogP contribution >= 0.6 is 11.6 Å². The van der Waals surface area contributed by atoms with Gasteiger partial charge in [-0.2, -0.15) is 0 Å². The molecular weight excluding hydrogens is 280 g/mol. The van der Waals surface area contributed by atoms with E-state index in [1.807, 2.05) is 13.0 Å². The predicted molar refractivity (Wildman–Crippen MR) is 79.3 cm³/mol. The first kappa shape index (κ1) is 16.3. The molecule has 110 valence electrons. The maximum Gasteiger partial charge on any atom is 0.321 e. The summed E-state index contributed by atoms with van der Waals surface area (Å²) in [5.41, 5.74) is 1.52. The number of carboxylic acid groups (broad SMARTS) is 1. The van der Waals surface area contributed by atoms with Crippen LogP contribution in [0.5, 0.6) is 0 Å². The third kappa shape index (κ3) is 4.42. The molecule has 0 radical (unpaired) electrons. The van der Waals surface area contributed by atoms with Crippen LogP contribution in [0.4, 0.5) is 10.5 Å². The number of amides is 2. The summed E-state index contributed by atoms with van der Waals surface area (Å²) in [6, 6.07) is 4.90. The molecule has 0 aliphatic carbocycles. The largest absolute Gasteiger partial charge is 0.481 e. The minimum Gasteiger partial charge on any atom is -0.481 e. The highest BCUT2D eigenvalue weighted by atomic mass is 35.5. The van der Waals surface area contributed by atoms with Gasteiger partial charge in [-0.15, -0.1) is 0 Å². The Balaban J connectivity index is 2.77. The van der Waals surface area contributed by atoms with Gasteiger partial charge >= 0.3 is 12.0 Å². The van der Waals surface area contributed by atoms with E-state index in [0.717, 1.165) is 5.56 Å². The number of halogens is 1. The molecule has 1 atom stereocenters. The molecule has 0 saturated carbocycles.